The van der Waals surface area contributed by atoms with Gasteiger partial charge in [0.05, 0.1) is 12.3 Å². The van der Waals surface area contributed by atoms with Crippen LogP contribution in [0.15, 0.2) is 70.9 Å². The summed E-state index contributed by atoms with van der Waals surface area (Å²) in [4.78, 5) is 24.6. The van der Waals surface area contributed by atoms with Gasteiger partial charge in [0.2, 0.25) is 0 Å². The van der Waals surface area contributed by atoms with Crippen LogP contribution in [-0.2, 0) is 4.74 Å². The van der Waals surface area contributed by atoms with E-state index in [4.69, 9.17) is 16.3 Å². The summed E-state index contributed by atoms with van der Waals surface area (Å²) < 4.78 is 6.72. The molecule has 0 bridgehead atoms. The number of nitrogens with zero attached hydrogens (tertiary/aromatic N) is 4. The van der Waals surface area contributed by atoms with Crippen molar-refractivity contribution in [1.82, 2.24) is 9.55 Å². The van der Waals surface area contributed by atoms with Gasteiger partial charge in [0.15, 0.2) is 11.5 Å². The number of ether oxygens (including phenoxy) is 1. The zero-order valence-corrected chi connectivity index (χ0v) is 14.7. The van der Waals surface area contributed by atoms with Gasteiger partial charge in [-0.2, -0.15) is 9.98 Å². The number of halogens is 1. The quantitative estimate of drug-likeness (QED) is 0.479. The molecule has 0 aliphatic heterocycles. The Labute approximate surface area is 155 Å². The summed E-state index contributed by atoms with van der Waals surface area (Å²) in [6.07, 6.45) is 1.52. The van der Waals surface area contributed by atoms with Crippen LogP contribution in [0, 0.1) is 0 Å². The topological polar surface area (TPSA) is 68.8 Å². The zero-order chi connectivity index (χ0) is 18.4. The number of para-hydroxylation sites is 1. The molecule has 1 heterocycles. The molecule has 130 valence electrons. The van der Waals surface area contributed by atoms with Crippen LogP contribution in [0.1, 0.15) is 17.4 Å². The molecular formula is C19H15ClN4O2. The molecule has 3 aromatic rings. The summed E-state index contributed by atoms with van der Waals surface area (Å²) in [5.41, 5.74) is 1.55. The van der Waals surface area contributed by atoms with Crippen molar-refractivity contribution in [3.05, 3.63) is 71.6 Å². The van der Waals surface area contributed by atoms with Crippen molar-refractivity contribution in [1.29, 1.82) is 0 Å². The first-order chi connectivity index (χ1) is 12.7. The third-order valence-electron chi connectivity index (χ3n) is 3.41. The van der Waals surface area contributed by atoms with E-state index in [9.17, 15) is 4.79 Å². The molecule has 0 saturated carbocycles. The fourth-order valence-corrected chi connectivity index (χ4v) is 2.34. The first-order valence-electron chi connectivity index (χ1n) is 7.91. The van der Waals surface area contributed by atoms with Crippen molar-refractivity contribution < 1.29 is 9.53 Å². The van der Waals surface area contributed by atoms with E-state index in [1.54, 1.807) is 35.8 Å². The van der Waals surface area contributed by atoms with Crippen LogP contribution in [0.25, 0.3) is 5.69 Å². The van der Waals surface area contributed by atoms with Gasteiger partial charge in [0.25, 0.3) is 0 Å². The fourth-order valence-electron chi connectivity index (χ4n) is 2.22. The minimum absolute atomic E-state index is 0.106. The number of benzene rings is 2. The number of aliphatic imine (C=N–C) groups is 2. The number of imidazole rings is 1. The lowest BCUT2D eigenvalue weighted by Crippen LogP contribution is -2.05. The van der Waals surface area contributed by atoms with Crippen LogP contribution in [0.2, 0.25) is 5.02 Å². The molecule has 2 aromatic carbocycles. The smallest absolute Gasteiger partial charge is 0.360 e. The minimum Gasteiger partial charge on any atom is -0.461 e. The number of carbonyl (C=O) groups excluding carboxylic acids is 1. The summed E-state index contributed by atoms with van der Waals surface area (Å²) in [5.74, 6) is -0.249. The Morgan fingerprint density at radius 3 is 2.58 bits per heavy atom. The van der Waals surface area contributed by atoms with Crippen molar-refractivity contribution in [3.8, 4) is 5.69 Å². The Bertz CT molecular complexity index is 959. The predicted molar refractivity (Wildman–Crippen MR) is 100 cm³/mol. The largest absolute Gasteiger partial charge is 0.461 e. The Kier molecular flexibility index (Phi) is 5.59. The van der Waals surface area contributed by atoms with Gasteiger partial charge in [-0.05, 0) is 43.3 Å². The summed E-state index contributed by atoms with van der Waals surface area (Å²) in [6, 6.07) is 19.0. The Balaban J connectivity index is 2.02. The molecule has 0 spiro atoms. The van der Waals surface area contributed by atoms with Crippen molar-refractivity contribution in [3.63, 3.8) is 0 Å². The standard InChI is InChI=1S/C19H15ClN4O2/c1-2-26-19(25)17-18(22-12-21-15-10-8-14(20)9-11-15)24(13-23-17)16-6-4-3-5-7-16/h3-11,13H,2H2,1H3. The van der Waals surface area contributed by atoms with Crippen molar-refractivity contribution >= 4 is 35.1 Å². The molecule has 0 unspecified atom stereocenters. The van der Waals surface area contributed by atoms with E-state index in [0.717, 1.165) is 5.69 Å². The van der Waals surface area contributed by atoms with E-state index in [1.165, 1.54) is 6.33 Å². The number of hydrogen-bond donors (Lipinski definition) is 0. The fraction of sp³-hybridized carbons (Fsp3) is 0.105. The molecule has 1 aromatic heterocycles. The lowest BCUT2D eigenvalue weighted by Gasteiger charge is -2.04. The molecule has 0 N–H and O–H groups in total. The van der Waals surface area contributed by atoms with Gasteiger partial charge in [-0.1, -0.05) is 29.8 Å². The van der Waals surface area contributed by atoms with Crippen molar-refractivity contribution in [2.24, 2.45) is 9.98 Å². The Morgan fingerprint density at radius 1 is 1.15 bits per heavy atom. The molecule has 0 aliphatic rings. The van der Waals surface area contributed by atoms with Crippen LogP contribution in [-0.4, -0.2) is 28.1 Å². The second-order valence-corrected chi connectivity index (χ2v) is 5.58. The highest BCUT2D eigenvalue weighted by Crippen LogP contribution is 2.23. The third-order valence-corrected chi connectivity index (χ3v) is 3.66. The molecule has 0 radical (unpaired) electrons. The van der Waals surface area contributed by atoms with Gasteiger partial charge in [-0.25, -0.2) is 9.78 Å². The van der Waals surface area contributed by atoms with Gasteiger partial charge in [0.1, 0.15) is 12.3 Å². The summed E-state index contributed by atoms with van der Waals surface area (Å²) in [7, 11) is 0. The van der Waals surface area contributed by atoms with E-state index in [-0.39, 0.29) is 12.3 Å². The zero-order valence-electron chi connectivity index (χ0n) is 14.0. The first kappa shape index (κ1) is 17.6. The van der Waals surface area contributed by atoms with Gasteiger partial charge >= 0.3 is 5.97 Å². The number of hydrogen-bond acceptors (Lipinski definition) is 5. The second-order valence-electron chi connectivity index (χ2n) is 5.14. The Morgan fingerprint density at radius 2 is 1.88 bits per heavy atom. The van der Waals surface area contributed by atoms with Crippen LogP contribution < -0.4 is 0 Å². The normalized spacial score (nSPS) is 10.1. The van der Waals surface area contributed by atoms with Crippen LogP contribution in [0.4, 0.5) is 11.5 Å². The first-order valence-corrected chi connectivity index (χ1v) is 8.28. The molecule has 3 rings (SSSR count). The highest BCUT2D eigenvalue weighted by molar-refractivity contribution is 6.30. The molecule has 0 atom stereocenters. The summed E-state index contributed by atoms with van der Waals surface area (Å²) in [5, 5.41) is 0.618. The van der Waals surface area contributed by atoms with Crippen LogP contribution >= 0.6 is 11.6 Å². The molecule has 0 saturated heterocycles. The molecular weight excluding hydrogens is 352 g/mol. The molecule has 6 nitrogen and oxygen atoms in total. The van der Waals surface area contributed by atoms with Crippen LogP contribution in [0.5, 0.6) is 0 Å². The average Bonchev–Trinajstić information content (AvgIpc) is 3.08. The maximum atomic E-state index is 12.1. The second kappa shape index (κ2) is 8.25. The highest BCUT2D eigenvalue weighted by atomic mass is 35.5. The van der Waals surface area contributed by atoms with Crippen molar-refractivity contribution in [2.45, 2.75) is 6.92 Å². The van der Waals surface area contributed by atoms with E-state index >= 15 is 0 Å². The van der Waals surface area contributed by atoms with Gasteiger partial charge < -0.3 is 4.74 Å². The maximum absolute atomic E-state index is 12.1. The summed E-state index contributed by atoms with van der Waals surface area (Å²) in [6.45, 7) is 1.98. The average molecular weight is 367 g/mol. The minimum atomic E-state index is -0.547. The number of esters is 1. The molecule has 26 heavy (non-hydrogen) atoms. The van der Waals surface area contributed by atoms with E-state index in [1.807, 2.05) is 30.3 Å². The van der Waals surface area contributed by atoms with Gasteiger partial charge in [-0.15, -0.1) is 0 Å². The van der Waals surface area contributed by atoms with Crippen molar-refractivity contribution in [2.75, 3.05) is 6.61 Å². The molecule has 0 aliphatic carbocycles. The number of carbonyl (C=O) groups is 1. The molecule has 0 amide bonds. The molecule has 7 heteroatoms. The highest BCUT2D eigenvalue weighted by Gasteiger charge is 2.19. The van der Waals surface area contributed by atoms with E-state index in [2.05, 4.69) is 21.0 Å². The monoisotopic (exact) mass is 366 g/mol. The predicted octanol–water partition coefficient (Wildman–Crippen LogP) is 4.84. The van der Waals surface area contributed by atoms with E-state index < -0.39 is 5.97 Å². The van der Waals surface area contributed by atoms with Crippen LogP contribution in [0.3, 0.4) is 0 Å². The Hall–Kier alpha value is -3.21. The van der Waals surface area contributed by atoms with Gasteiger partial charge in [-0.3, -0.25) is 4.57 Å². The molecule has 0 fully saturated rings. The maximum Gasteiger partial charge on any atom is 0.360 e. The lowest BCUT2D eigenvalue weighted by molar-refractivity contribution is 0.0521. The number of rotatable bonds is 5. The third kappa shape index (κ3) is 4.06. The van der Waals surface area contributed by atoms with Gasteiger partial charge in [0, 0.05) is 10.7 Å². The number of aromatic nitrogens is 2. The van der Waals surface area contributed by atoms with E-state index in [0.29, 0.717) is 16.5 Å². The SMILES string of the molecule is CCOC(=O)c1ncn(-c2ccccc2)c1N=C=Nc1ccc(Cl)cc1. The summed E-state index contributed by atoms with van der Waals surface area (Å²) >= 11 is 5.85. The lowest BCUT2D eigenvalue weighted by atomic mass is 10.3.